The van der Waals surface area contributed by atoms with E-state index in [0.29, 0.717) is 18.3 Å². The van der Waals surface area contributed by atoms with Crippen LogP contribution in [0.5, 0.6) is 5.75 Å². The van der Waals surface area contributed by atoms with Crippen molar-refractivity contribution in [3.05, 3.63) is 40.5 Å². The van der Waals surface area contributed by atoms with Crippen molar-refractivity contribution < 1.29 is 4.74 Å². The lowest BCUT2D eigenvalue weighted by atomic mass is 10.1. The Kier molecular flexibility index (Phi) is 5.67. The van der Waals surface area contributed by atoms with Crippen LogP contribution >= 0.6 is 15.9 Å². The molecule has 21 heavy (non-hydrogen) atoms. The van der Waals surface area contributed by atoms with Crippen LogP contribution in [0.15, 0.2) is 34.9 Å². The van der Waals surface area contributed by atoms with Crippen molar-refractivity contribution in [1.29, 1.82) is 0 Å². The van der Waals surface area contributed by atoms with Crippen LogP contribution in [0.4, 0.5) is 5.82 Å². The van der Waals surface area contributed by atoms with Gasteiger partial charge in [-0.3, -0.25) is 0 Å². The SMILES string of the molecule is CCC(CC)COc1ccc(Br)cc1Cn1nccc1N. The summed E-state index contributed by atoms with van der Waals surface area (Å²) in [6.07, 6.45) is 3.97. The van der Waals surface area contributed by atoms with E-state index in [0.717, 1.165) is 35.2 Å². The molecular weight excluding hydrogens is 330 g/mol. The maximum Gasteiger partial charge on any atom is 0.124 e. The van der Waals surface area contributed by atoms with E-state index in [9.17, 15) is 0 Å². The summed E-state index contributed by atoms with van der Waals surface area (Å²) in [5, 5.41) is 4.23. The molecule has 0 aliphatic rings. The Balaban J connectivity index is 2.15. The second-order valence-corrected chi connectivity index (χ2v) is 6.07. The van der Waals surface area contributed by atoms with Gasteiger partial charge in [-0.15, -0.1) is 0 Å². The molecule has 0 spiro atoms. The Morgan fingerprint density at radius 1 is 1.29 bits per heavy atom. The predicted molar refractivity (Wildman–Crippen MR) is 89.5 cm³/mol. The lowest BCUT2D eigenvalue weighted by Crippen LogP contribution is -2.12. The van der Waals surface area contributed by atoms with Crippen LogP contribution in [0.25, 0.3) is 0 Å². The van der Waals surface area contributed by atoms with Gasteiger partial charge in [-0.2, -0.15) is 5.10 Å². The number of aromatic nitrogens is 2. The van der Waals surface area contributed by atoms with Gasteiger partial charge in [0.05, 0.1) is 19.3 Å². The second-order valence-electron chi connectivity index (χ2n) is 5.16. The van der Waals surface area contributed by atoms with Crippen LogP contribution in [0.3, 0.4) is 0 Å². The summed E-state index contributed by atoms with van der Waals surface area (Å²) < 4.78 is 8.82. The smallest absolute Gasteiger partial charge is 0.124 e. The first-order valence-electron chi connectivity index (χ1n) is 7.32. The molecule has 1 heterocycles. The molecule has 0 saturated carbocycles. The third-order valence-corrected chi connectivity index (χ3v) is 4.21. The van der Waals surface area contributed by atoms with Crippen molar-refractivity contribution in [1.82, 2.24) is 9.78 Å². The highest BCUT2D eigenvalue weighted by molar-refractivity contribution is 9.10. The molecule has 0 aliphatic heterocycles. The van der Waals surface area contributed by atoms with Gasteiger partial charge in [0.1, 0.15) is 11.6 Å². The van der Waals surface area contributed by atoms with Gasteiger partial charge in [0.15, 0.2) is 0 Å². The van der Waals surface area contributed by atoms with E-state index in [1.165, 1.54) is 0 Å². The molecule has 4 nitrogen and oxygen atoms in total. The molecule has 1 aromatic heterocycles. The predicted octanol–water partition coefficient (Wildman–Crippen LogP) is 4.09. The molecule has 0 saturated heterocycles. The van der Waals surface area contributed by atoms with Crippen LogP contribution < -0.4 is 10.5 Å². The minimum Gasteiger partial charge on any atom is -0.493 e. The number of nitrogens with two attached hydrogens (primary N) is 1. The number of hydrogen-bond acceptors (Lipinski definition) is 3. The molecule has 0 bridgehead atoms. The number of nitrogen functional groups attached to an aromatic ring is 1. The maximum atomic E-state index is 6.02. The fourth-order valence-electron chi connectivity index (χ4n) is 2.18. The summed E-state index contributed by atoms with van der Waals surface area (Å²) >= 11 is 3.51. The maximum absolute atomic E-state index is 6.02. The Morgan fingerprint density at radius 3 is 2.67 bits per heavy atom. The first kappa shape index (κ1) is 15.9. The second kappa shape index (κ2) is 7.50. The average Bonchev–Trinajstić information content (AvgIpc) is 2.87. The number of halogens is 1. The highest BCUT2D eigenvalue weighted by Crippen LogP contribution is 2.25. The van der Waals surface area contributed by atoms with Gasteiger partial charge in [0.2, 0.25) is 0 Å². The van der Waals surface area contributed by atoms with Crippen LogP contribution in [-0.2, 0) is 6.54 Å². The number of benzene rings is 1. The number of nitrogens with zero attached hydrogens (tertiary/aromatic N) is 2. The molecule has 2 N–H and O–H groups in total. The molecule has 2 aromatic rings. The summed E-state index contributed by atoms with van der Waals surface area (Å²) in [6, 6.07) is 7.85. The average molecular weight is 352 g/mol. The molecule has 114 valence electrons. The zero-order chi connectivity index (χ0) is 15.2. The van der Waals surface area contributed by atoms with E-state index in [4.69, 9.17) is 10.5 Å². The lowest BCUT2D eigenvalue weighted by molar-refractivity contribution is 0.238. The van der Waals surface area contributed by atoms with E-state index in [1.54, 1.807) is 16.9 Å². The molecule has 2 rings (SSSR count). The molecule has 0 radical (unpaired) electrons. The molecular formula is C16H22BrN3O. The minimum absolute atomic E-state index is 0.594. The van der Waals surface area contributed by atoms with Crippen molar-refractivity contribution >= 4 is 21.7 Å². The Bertz CT molecular complexity index is 579. The molecule has 0 amide bonds. The Morgan fingerprint density at radius 2 is 2.05 bits per heavy atom. The van der Waals surface area contributed by atoms with Crippen molar-refractivity contribution in [2.75, 3.05) is 12.3 Å². The summed E-state index contributed by atoms with van der Waals surface area (Å²) in [4.78, 5) is 0. The number of anilines is 1. The van der Waals surface area contributed by atoms with Crippen LogP contribution in [-0.4, -0.2) is 16.4 Å². The van der Waals surface area contributed by atoms with Crippen LogP contribution in [0.1, 0.15) is 32.3 Å². The van der Waals surface area contributed by atoms with Crippen LogP contribution in [0, 0.1) is 5.92 Å². The summed E-state index contributed by atoms with van der Waals surface area (Å²) in [6.45, 7) is 5.75. The van der Waals surface area contributed by atoms with Crippen molar-refractivity contribution in [2.45, 2.75) is 33.2 Å². The van der Waals surface area contributed by atoms with Crippen molar-refractivity contribution in [3.8, 4) is 5.75 Å². The molecule has 0 atom stereocenters. The molecule has 5 heteroatoms. The first-order chi connectivity index (χ1) is 10.1. The Labute approximate surface area is 134 Å². The first-order valence-corrected chi connectivity index (χ1v) is 8.11. The van der Waals surface area contributed by atoms with Gasteiger partial charge in [-0.1, -0.05) is 42.6 Å². The lowest BCUT2D eigenvalue weighted by Gasteiger charge is -2.17. The third-order valence-electron chi connectivity index (χ3n) is 3.72. The minimum atomic E-state index is 0.594. The van der Waals surface area contributed by atoms with Crippen molar-refractivity contribution in [2.24, 2.45) is 5.92 Å². The van der Waals surface area contributed by atoms with Gasteiger partial charge in [-0.05, 0) is 30.2 Å². The molecule has 0 unspecified atom stereocenters. The van der Waals surface area contributed by atoms with E-state index in [2.05, 4.69) is 40.9 Å². The van der Waals surface area contributed by atoms with E-state index >= 15 is 0 Å². The molecule has 1 aromatic carbocycles. The number of ether oxygens (including phenoxy) is 1. The fraction of sp³-hybridized carbons (Fsp3) is 0.438. The van der Waals surface area contributed by atoms with Gasteiger partial charge >= 0.3 is 0 Å². The van der Waals surface area contributed by atoms with Gasteiger partial charge in [-0.25, -0.2) is 4.68 Å². The summed E-state index contributed by atoms with van der Waals surface area (Å²) in [5.41, 5.74) is 6.96. The quantitative estimate of drug-likeness (QED) is 0.817. The van der Waals surface area contributed by atoms with Gasteiger partial charge < -0.3 is 10.5 Å². The van der Waals surface area contributed by atoms with E-state index in [1.807, 2.05) is 12.1 Å². The zero-order valence-corrected chi connectivity index (χ0v) is 14.1. The number of rotatable bonds is 7. The summed E-state index contributed by atoms with van der Waals surface area (Å²) in [7, 11) is 0. The zero-order valence-electron chi connectivity index (χ0n) is 12.6. The van der Waals surface area contributed by atoms with Crippen LogP contribution in [0.2, 0.25) is 0 Å². The highest BCUT2D eigenvalue weighted by Gasteiger charge is 2.10. The number of hydrogen-bond donors (Lipinski definition) is 1. The van der Waals surface area contributed by atoms with E-state index in [-0.39, 0.29) is 0 Å². The highest BCUT2D eigenvalue weighted by atomic mass is 79.9. The normalized spacial score (nSPS) is 11.0. The summed E-state index contributed by atoms with van der Waals surface area (Å²) in [5.74, 6) is 2.15. The topological polar surface area (TPSA) is 53.1 Å². The largest absolute Gasteiger partial charge is 0.493 e. The van der Waals surface area contributed by atoms with E-state index < -0.39 is 0 Å². The third kappa shape index (κ3) is 4.24. The van der Waals surface area contributed by atoms with Gasteiger partial charge in [0.25, 0.3) is 0 Å². The van der Waals surface area contributed by atoms with Gasteiger partial charge in [0, 0.05) is 10.0 Å². The fourth-order valence-corrected chi connectivity index (χ4v) is 2.59. The monoisotopic (exact) mass is 351 g/mol. The van der Waals surface area contributed by atoms with Crippen molar-refractivity contribution in [3.63, 3.8) is 0 Å². The Hall–Kier alpha value is -1.49. The molecule has 0 aliphatic carbocycles. The molecule has 0 fully saturated rings. The standard InChI is InChI=1S/C16H22BrN3O/c1-3-12(4-2)11-21-15-6-5-14(17)9-13(15)10-20-16(18)7-8-19-20/h5-9,12H,3-4,10-11,18H2,1-2H3.